The summed E-state index contributed by atoms with van der Waals surface area (Å²) in [5.74, 6) is -0.0819. The molecule has 0 aliphatic heterocycles. The Morgan fingerprint density at radius 1 is 0.902 bits per heavy atom. The number of aryl methyl sites for hydroxylation is 2. The van der Waals surface area contributed by atoms with Crippen molar-refractivity contribution in [3.8, 4) is 5.75 Å². The second-order valence-corrected chi connectivity index (χ2v) is 12.1. The second kappa shape index (κ2) is 14.2. The van der Waals surface area contributed by atoms with Gasteiger partial charge < -0.3 is 15.0 Å². The van der Waals surface area contributed by atoms with Crippen LogP contribution in [0.3, 0.4) is 0 Å². The number of carbonyl (C=O) groups is 2. The van der Waals surface area contributed by atoms with E-state index < -0.39 is 28.5 Å². The molecule has 3 rings (SSSR count). The maximum Gasteiger partial charge on any atom is 0.264 e. The minimum absolute atomic E-state index is 0.0696. The van der Waals surface area contributed by atoms with Gasteiger partial charge in [-0.3, -0.25) is 13.9 Å². The molecule has 0 unspecified atom stereocenters. The average Bonchev–Trinajstić information content (AvgIpc) is 2.96. The van der Waals surface area contributed by atoms with Gasteiger partial charge in [-0.05, 0) is 75.1 Å². The SMILES string of the molecule is CC[C@H](C(=O)N[C@@H](C)CC)N(Cc1ccc(OC)cc1)C(=O)CN(c1ccccc1C)S(=O)(=O)c1ccc(C)cc1. The number of anilines is 1. The van der Waals surface area contributed by atoms with Crippen molar-refractivity contribution in [3.05, 3.63) is 89.5 Å². The quantitative estimate of drug-likeness (QED) is 0.299. The lowest BCUT2D eigenvalue weighted by Gasteiger charge is -2.34. The third-order valence-corrected chi connectivity index (χ3v) is 8.94. The molecule has 1 N–H and O–H groups in total. The van der Waals surface area contributed by atoms with E-state index in [9.17, 15) is 18.0 Å². The fourth-order valence-corrected chi connectivity index (χ4v) is 5.96. The molecule has 0 heterocycles. The fraction of sp³-hybridized carbons (Fsp3) is 0.375. The summed E-state index contributed by atoms with van der Waals surface area (Å²) in [5, 5.41) is 2.99. The summed E-state index contributed by atoms with van der Waals surface area (Å²) in [6.07, 6.45) is 1.10. The molecule has 0 aromatic heterocycles. The molecular weight excluding hydrogens is 538 g/mol. The second-order valence-electron chi connectivity index (χ2n) is 10.2. The van der Waals surface area contributed by atoms with Crippen LogP contribution in [0.5, 0.6) is 5.75 Å². The minimum atomic E-state index is -4.11. The normalized spacial score (nSPS) is 12.7. The number of hydrogen-bond donors (Lipinski definition) is 1. The predicted molar refractivity (Wildman–Crippen MR) is 162 cm³/mol. The van der Waals surface area contributed by atoms with Crippen LogP contribution in [-0.4, -0.2) is 50.9 Å². The van der Waals surface area contributed by atoms with E-state index in [0.717, 1.165) is 21.9 Å². The number of nitrogens with zero attached hydrogens (tertiary/aromatic N) is 2. The Morgan fingerprint density at radius 2 is 1.54 bits per heavy atom. The van der Waals surface area contributed by atoms with Crippen LogP contribution < -0.4 is 14.4 Å². The molecule has 2 atom stereocenters. The zero-order valence-electron chi connectivity index (χ0n) is 24.8. The van der Waals surface area contributed by atoms with Crippen molar-refractivity contribution >= 4 is 27.5 Å². The van der Waals surface area contributed by atoms with Crippen LogP contribution in [0.2, 0.25) is 0 Å². The van der Waals surface area contributed by atoms with Gasteiger partial charge in [0, 0.05) is 12.6 Å². The summed E-state index contributed by atoms with van der Waals surface area (Å²) in [6, 6.07) is 20.0. The van der Waals surface area contributed by atoms with Gasteiger partial charge in [0.1, 0.15) is 18.3 Å². The number of sulfonamides is 1. The third kappa shape index (κ3) is 7.88. The Bertz CT molecular complexity index is 1420. The number of carbonyl (C=O) groups excluding carboxylic acids is 2. The maximum atomic E-state index is 14.2. The summed E-state index contributed by atoms with van der Waals surface area (Å²) in [5.41, 5.74) is 2.83. The monoisotopic (exact) mass is 579 g/mol. The molecule has 0 bridgehead atoms. The molecule has 8 nitrogen and oxygen atoms in total. The minimum Gasteiger partial charge on any atom is -0.497 e. The van der Waals surface area contributed by atoms with Gasteiger partial charge in [-0.25, -0.2) is 8.42 Å². The smallest absolute Gasteiger partial charge is 0.264 e. The predicted octanol–water partition coefficient (Wildman–Crippen LogP) is 5.23. The number of nitrogens with one attached hydrogen (secondary N) is 1. The Kier molecular flexibility index (Phi) is 10.9. The molecule has 2 amide bonds. The first-order valence-electron chi connectivity index (χ1n) is 13.9. The molecule has 0 aliphatic rings. The summed E-state index contributed by atoms with van der Waals surface area (Å²) in [7, 11) is -2.54. The Balaban J connectivity index is 2.06. The molecule has 0 fully saturated rings. The van der Waals surface area contributed by atoms with E-state index >= 15 is 0 Å². The Hall–Kier alpha value is -3.85. The van der Waals surface area contributed by atoms with Crippen LogP contribution >= 0.6 is 0 Å². The van der Waals surface area contributed by atoms with Gasteiger partial charge in [-0.15, -0.1) is 0 Å². The van der Waals surface area contributed by atoms with E-state index in [1.54, 1.807) is 68.6 Å². The van der Waals surface area contributed by atoms with E-state index in [0.29, 0.717) is 23.4 Å². The van der Waals surface area contributed by atoms with Gasteiger partial charge in [0.25, 0.3) is 10.0 Å². The summed E-state index contributed by atoms with van der Waals surface area (Å²) in [4.78, 5) is 29.1. The van der Waals surface area contributed by atoms with E-state index in [4.69, 9.17) is 4.74 Å². The van der Waals surface area contributed by atoms with Crippen LogP contribution in [0.1, 0.15) is 50.3 Å². The average molecular weight is 580 g/mol. The number of methoxy groups -OCH3 is 1. The van der Waals surface area contributed by atoms with Gasteiger partial charge in [0.2, 0.25) is 11.8 Å². The summed E-state index contributed by atoms with van der Waals surface area (Å²) >= 11 is 0. The Morgan fingerprint density at radius 3 is 2.10 bits per heavy atom. The van der Waals surface area contributed by atoms with Crippen LogP contribution in [0.25, 0.3) is 0 Å². The lowest BCUT2D eigenvalue weighted by molar-refractivity contribution is -0.140. The topological polar surface area (TPSA) is 96.0 Å². The molecule has 220 valence electrons. The third-order valence-electron chi connectivity index (χ3n) is 7.17. The molecule has 3 aromatic carbocycles. The largest absolute Gasteiger partial charge is 0.497 e. The van der Waals surface area contributed by atoms with Crippen LogP contribution in [0.4, 0.5) is 5.69 Å². The first-order valence-corrected chi connectivity index (χ1v) is 15.3. The van der Waals surface area contributed by atoms with Crippen molar-refractivity contribution in [1.82, 2.24) is 10.2 Å². The maximum absolute atomic E-state index is 14.2. The van der Waals surface area contributed by atoms with Crippen LogP contribution in [0, 0.1) is 13.8 Å². The highest BCUT2D eigenvalue weighted by molar-refractivity contribution is 7.92. The molecule has 0 saturated carbocycles. The van der Waals surface area contributed by atoms with E-state index in [-0.39, 0.29) is 23.4 Å². The highest BCUT2D eigenvalue weighted by atomic mass is 32.2. The molecule has 9 heteroatoms. The fourth-order valence-electron chi connectivity index (χ4n) is 4.48. The van der Waals surface area contributed by atoms with Crippen molar-refractivity contribution < 1.29 is 22.7 Å². The van der Waals surface area contributed by atoms with E-state index in [1.165, 1.54) is 4.90 Å². The van der Waals surface area contributed by atoms with Crippen molar-refractivity contribution in [2.75, 3.05) is 18.0 Å². The number of ether oxygens (including phenoxy) is 1. The number of para-hydroxylation sites is 1. The molecular formula is C32H41N3O5S. The van der Waals surface area contributed by atoms with Crippen LogP contribution in [-0.2, 0) is 26.2 Å². The standard InChI is InChI=1S/C32H41N3O5S/c1-7-25(5)33-32(37)29(8-2)34(21-26-15-17-27(40-6)18-16-26)31(36)22-35(30-12-10-9-11-24(30)4)41(38,39)28-19-13-23(3)14-20-28/h9-20,25,29H,7-8,21-22H2,1-6H3,(H,33,37)/t25-,29+/m0/s1. The zero-order chi connectivity index (χ0) is 30.2. The number of rotatable bonds is 13. The Labute approximate surface area is 244 Å². The first kappa shape index (κ1) is 31.7. The lowest BCUT2D eigenvalue weighted by Crippen LogP contribution is -2.53. The van der Waals surface area contributed by atoms with E-state index in [1.807, 2.05) is 45.9 Å². The zero-order valence-corrected chi connectivity index (χ0v) is 25.6. The van der Waals surface area contributed by atoms with Crippen LogP contribution in [0.15, 0.2) is 77.7 Å². The first-order chi connectivity index (χ1) is 19.5. The summed E-state index contributed by atoms with van der Waals surface area (Å²) < 4.78 is 34.4. The number of benzene rings is 3. The number of amides is 2. The molecule has 41 heavy (non-hydrogen) atoms. The lowest BCUT2D eigenvalue weighted by atomic mass is 10.1. The van der Waals surface area contributed by atoms with Gasteiger partial charge in [0.15, 0.2) is 0 Å². The molecule has 0 radical (unpaired) electrons. The van der Waals surface area contributed by atoms with Crippen molar-refractivity contribution in [2.24, 2.45) is 0 Å². The molecule has 3 aromatic rings. The van der Waals surface area contributed by atoms with Crippen molar-refractivity contribution in [3.63, 3.8) is 0 Å². The molecule has 0 spiro atoms. The molecule has 0 aliphatic carbocycles. The highest BCUT2D eigenvalue weighted by Crippen LogP contribution is 2.28. The van der Waals surface area contributed by atoms with Crippen molar-refractivity contribution in [1.29, 1.82) is 0 Å². The van der Waals surface area contributed by atoms with Crippen molar-refractivity contribution in [2.45, 2.75) is 71.0 Å². The van der Waals surface area contributed by atoms with Gasteiger partial charge in [-0.2, -0.15) is 0 Å². The van der Waals surface area contributed by atoms with Gasteiger partial charge >= 0.3 is 0 Å². The van der Waals surface area contributed by atoms with E-state index in [2.05, 4.69) is 5.32 Å². The van der Waals surface area contributed by atoms with Gasteiger partial charge in [-0.1, -0.05) is 61.9 Å². The highest BCUT2D eigenvalue weighted by Gasteiger charge is 2.34. The number of hydrogen-bond acceptors (Lipinski definition) is 5. The molecule has 0 saturated heterocycles. The van der Waals surface area contributed by atoms with Gasteiger partial charge in [0.05, 0.1) is 17.7 Å². The summed E-state index contributed by atoms with van der Waals surface area (Å²) in [6.45, 7) is 9.08.